The van der Waals surface area contributed by atoms with E-state index >= 15 is 0 Å². The summed E-state index contributed by atoms with van der Waals surface area (Å²) in [4.78, 5) is 22.6. The number of aromatic nitrogens is 2. The van der Waals surface area contributed by atoms with Crippen molar-refractivity contribution >= 4 is 11.6 Å². The number of carbonyl (C=O) groups is 1. The first kappa shape index (κ1) is 17.6. The third-order valence-electron chi connectivity index (χ3n) is 4.57. The van der Waals surface area contributed by atoms with Crippen LogP contribution < -0.4 is 15.0 Å². The number of pyridine rings is 2. The lowest BCUT2D eigenvalue weighted by atomic mass is 10.1. The molecule has 1 aliphatic heterocycles. The Morgan fingerprint density at radius 3 is 2.74 bits per heavy atom. The summed E-state index contributed by atoms with van der Waals surface area (Å²) in [5.41, 5.74) is 1.18. The molecule has 2 fully saturated rings. The van der Waals surface area contributed by atoms with Gasteiger partial charge in [-0.15, -0.1) is 0 Å². The second kappa shape index (κ2) is 7.09. The lowest BCUT2D eigenvalue weighted by Crippen LogP contribution is -2.57. The summed E-state index contributed by atoms with van der Waals surface area (Å²) >= 11 is 0. The Bertz CT molecular complexity index is 820. The number of nitrogens with zero attached hydrogens (tertiary/aromatic N) is 3. The molecule has 0 atom stereocenters. The lowest BCUT2D eigenvalue weighted by molar-refractivity contribution is -0.0263. The standard InChI is InChI=1S/C19H20F2N4O2/c20-19(21)11-25(12-19)15-6-7-16(27-10-13-4-5-13)24-17(15)18(26)23-9-14-3-1-2-8-22-14/h1-3,6-8,13H,4-5,9-12H2,(H,23,26). The fraction of sp³-hybridized carbons (Fsp3) is 0.421. The van der Waals surface area contributed by atoms with E-state index in [9.17, 15) is 13.6 Å². The normalized spacial score (nSPS) is 17.9. The van der Waals surface area contributed by atoms with Gasteiger partial charge in [-0.2, -0.15) is 0 Å². The van der Waals surface area contributed by atoms with E-state index in [-0.39, 0.29) is 12.2 Å². The summed E-state index contributed by atoms with van der Waals surface area (Å²) in [6.45, 7) is -0.0534. The zero-order valence-electron chi connectivity index (χ0n) is 14.7. The van der Waals surface area contributed by atoms with Crippen molar-refractivity contribution in [2.75, 3.05) is 24.6 Å². The Morgan fingerprint density at radius 1 is 1.26 bits per heavy atom. The van der Waals surface area contributed by atoms with Crippen LogP contribution in [0.25, 0.3) is 0 Å². The van der Waals surface area contributed by atoms with Crippen LogP contribution in [-0.4, -0.2) is 41.5 Å². The second-order valence-corrected chi connectivity index (χ2v) is 6.99. The number of anilines is 1. The number of hydrogen-bond acceptors (Lipinski definition) is 5. The van der Waals surface area contributed by atoms with E-state index in [1.54, 1.807) is 30.5 Å². The predicted molar refractivity (Wildman–Crippen MR) is 95.0 cm³/mol. The number of hydrogen-bond donors (Lipinski definition) is 1. The summed E-state index contributed by atoms with van der Waals surface area (Å²) in [6, 6.07) is 8.66. The number of nitrogens with one attached hydrogen (secondary N) is 1. The molecule has 0 spiro atoms. The lowest BCUT2D eigenvalue weighted by Gasteiger charge is -2.40. The second-order valence-electron chi connectivity index (χ2n) is 6.99. The van der Waals surface area contributed by atoms with E-state index in [0.717, 1.165) is 12.8 Å². The first-order chi connectivity index (χ1) is 13.0. The van der Waals surface area contributed by atoms with E-state index in [1.165, 1.54) is 4.90 Å². The van der Waals surface area contributed by atoms with Gasteiger partial charge in [0.25, 0.3) is 11.8 Å². The first-order valence-corrected chi connectivity index (χ1v) is 8.95. The maximum Gasteiger partial charge on any atom is 0.282 e. The molecule has 1 N–H and O–H groups in total. The number of carbonyl (C=O) groups excluding carboxylic acids is 1. The topological polar surface area (TPSA) is 67.3 Å². The van der Waals surface area contributed by atoms with Crippen molar-refractivity contribution in [2.45, 2.75) is 25.3 Å². The molecule has 0 radical (unpaired) electrons. The Labute approximate surface area is 155 Å². The molecule has 142 valence electrons. The van der Waals surface area contributed by atoms with Gasteiger partial charge < -0.3 is 15.0 Å². The molecule has 2 aromatic heterocycles. The molecule has 1 saturated carbocycles. The molecule has 1 amide bonds. The number of rotatable bonds is 7. The number of halogens is 2. The maximum absolute atomic E-state index is 13.3. The molecule has 0 bridgehead atoms. The van der Waals surface area contributed by atoms with E-state index < -0.39 is 24.9 Å². The van der Waals surface area contributed by atoms with Gasteiger partial charge in [-0.25, -0.2) is 13.8 Å². The molecule has 8 heteroatoms. The predicted octanol–water partition coefficient (Wildman–Crippen LogP) is 2.65. The summed E-state index contributed by atoms with van der Waals surface area (Å²) in [5, 5.41) is 2.75. The Balaban J connectivity index is 1.50. The third kappa shape index (κ3) is 4.32. The molecule has 1 aliphatic carbocycles. The quantitative estimate of drug-likeness (QED) is 0.807. The van der Waals surface area contributed by atoms with E-state index in [0.29, 0.717) is 29.8 Å². The van der Waals surface area contributed by atoms with Gasteiger partial charge >= 0.3 is 0 Å². The largest absolute Gasteiger partial charge is 0.477 e. The zero-order chi connectivity index (χ0) is 18.9. The molecule has 27 heavy (non-hydrogen) atoms. The molecule has 0 unspecified atom stereocenters. The molecule has 4 rings (SSSR count). The van der Waals surface area contributed by atoms with Crippen molar-refractivity contribution in [1.29, 1.82) is 0 Å². The van der Waals surface area contributed by atoms with Crippen molar-refractivity contribution < 1.29 is 18.3 Å². The van der Waals surface area contributed by atoms with Crippen molar-refractivity contribution in [3.8, 4) is 5.88 Å². The average molecular weight is 374 g/mol. The highest BCUT2D eigenvalue weighted by molar-refractivity contribution is 5.98. The highest BCUT2D eigenvalue weighted by Crippen LogP contribution is 2.34. The summed E-state index contributed by atoms with van der Waals surface area (Å²) in [7, 11) is 0. The van der Waals surface area contributed by atoms with E-state index in [4.69, 9.17) is 4.74 Å². The van der Waals surface area contributed by atoms with Crippen molar-refractivity contribution in [3.05, 3.63) is 47.9 Å². The maximum atomic E-state index is 13.3. The highest BCUT2D eigenvalue weighted by Gasteiger charge is 2.45. The van der Waals surface area contributed by atoms with Crippen LogP contribution in [0.1, 0.15) is 29.0 Å². The number of amides is 1. The van der Waals surface area contributed by atoms with Crippen LogP contribution >= 0.6 is 0 Å². The highest BCUT2D eigenvalue weighted by atomic mass is 19.3. The minimum absolute atomic E-state index is 0.0923. The smallest absolute Gasteiger partial charge is 0.282 e. The van der Waals surface area contributed by atoms with Crippen LogP contribution in [-0.2, 0) is 6.54 Å². The fourth-order valence-corrected chi connectivity index (χ4v) is 2.86. The summed E-state index contributed by atoms with van der Waals surface area (Å²) in [6.07, 6.45) is 3.91. The van der Waals surface area contributed by atoms with Gasteiger partial charge in [-0.05, 0) is 37.0 Å². The van der Waals surface area contributed by atoms with E-state index in [1.807, 2.05) is 6.07 Å². The van der Waals surface area contributed by atoms with Gasteiger partial charge in [-0.3, -0.25) is 9.78 Å². The van der Waals surface area contributed by atoms with Crippen molar-refractivity contribution in [2.24, 2.45) is 5.92 Å². The van der Waals surface area contributed by atoms with E-state index in [2.05, 4.69) is 15.3 Å². The molecule has 0 aromatic carbocycles. The molecule has 1 saturated heterocycles. The van der Waals surface area contributed by atoms with Crippen LogP contribution in [0.5, 0.6) is 5.88 Å². The van der Waals surface area contributed by atoms with Gasteiger partial charge in [0.1, 0.15) is 0 Å². The van der Waals surface area contributed by atoms with Gasteiger partial charge in [0.2, 0.25) is 5.88 Å². The molecule has 6 nitrogen and oxygen atoms in total. The van der Waals surface area contributed by atoms with Crippen molar-refractivity contribution in [3.63, 3.8) is 0 Å². The third-order valence-corrected chi connectivity index (χ3v) is 4.57. The monoisotopic (exact) mass is 374 g/mol. The van der Waals surface area contributed by atoms with Crippen LogP contribution in [0.3, 0.4) is 0 Å². The van der Waals surface area contributed by atoms with Crippen LogP contribution in [0.2, 0.25) is 0 Å². The molecule has 3 heterocycles. The number of ether oxygens (including phenoxy) is 1. The van der Waals surface area contributed by atoms with Gasteiger partial charge in [0, 0.05) is 12.3 Å². The minimum Gasteiger partial charge on any atom is -0.477 e. The number of alkyl halides is 2. The Hall–Kier alpha value is -2.77. The average Bonchev–Trinajstić information content (AvgIpc) is 3.47. The van der Waals surface area contributed by atoms with Crippen LogP contribution in [0.15, 0.2) is 36.5 Å². The van der Waals surface area contributed by atoms with Gasteiger partial charge in [-0.1, -0.05) is 6.07 Å². The molecular formula is C19H20F2N4O2. The summed E-state index contributed by atoms with van der Waals surface area (Å²) < 4.78 is 32.2. The Kier molecular flexibility index (Phi) is 4.63. The van der Waals surface area contributed by atoms with Crippen LogP contribution in [0, 0.1) is 5.92 Å². The van der Waals surface area contributed by atoms with Gasteiger partial charge in [0.05, 0.1) is 37.6 Å². The Morgan fingerprint density at radius 2 is 2.07 bits per heavy atom. The summed E-state index contributed by atoms with van der Waals surface area (Å²) in [5.74, 6) is -2.30. The van der Waals surface area contributed by atoms with Gasteiger partial charge in [0.15, 0.2) is 5.69 Å². The zero-order valence-corrected chi connectivity index (χ0v) is 14.7. The molecule has 2 aliphatic rings. The van der Waals surface area contributed by atoms with Crippen LogP contribution in [0.4, 0.5) is 14.5 Å². The van der Waals surface area contributed by atoms with Crippen molar-refractivity contribution in [1.82, 2.24) is 15.3 Å². The molecule has 2 aromatic rings. The minimum atomic E-state index is -2.73. The fourth-order valence-electron chi connectivity index (χ4n) is 2.86. The molecular weight excluding hydrogens is 354 g/mol. The first-order valence-electron chi connectivity index (χ1n) is 8.95. The SMILES string of the molecule is O=C(NCc1ccccn1)c1nc(OCC2CC2)ccc1N1CC(F)(F)C1.